The molecular weight excluding hydrogens is 238 g/mol. The highest BCUT2D eigenvalue weighted by Gasteiger charge is 2.64. The van der Waals surface area contributed by atoms with Gasteiger partial charge in [-0.15, -0.1) is 0 Å². The van der Waals surface area contributed by atoms with E-state index in [9.17, 15) is 0 Å². The van der Waals surface area contributed by atoms with E-state index < -0.39 is 0 Å². The quantitative estimate of drug-likeness (QED) is 0.591. The van der Waals surface area contributed by atoms with Crippen LogP contribution in [0.25, 0.3) is 0 Å². The maximum atomic E-state index is 6.00. The lowest BCUT2D eigenvalue weighted by atomic mass is 9.54. The van der Waals surface area contributed by atoms with Crippen LogP contribution in [0.4, 0.5) is 0 Å². The van der Waals surface area contributed by atoms with E-state index in [0.717, 1.165) is 31.2 Å². The highest BCUT2D eigenvalue weighted by atomic mass is 16.5. The largest absolute Gasteiger partial charge is 0.377 e. The summed E-state index contributed by atoms with van der Waals surface area (Å²) in [6.07, 6.45) is 7.30. The molecule has 1 aliphatic heterocycles. The summed E-state index contributed by atoms with van der Waals surface area (Å²) in [5.74, 6) is 0.763. The minimum absolute atomic E-state index is 0.468. The van der Waals surface area contributed by atoms with Gasteiger partial charge in [0.1, 0.15) is 0 Å². The molecule has 0 radical (unpaired) electrons. The molecule has 1 N–H and O–H groups in total. The summed E-state index contributed by atoms with van der Waals surface area (Å²) in [4.78, 5) is 0. The second-order valence-corrected chi connectivity index (χ2v) is 6.63. The average Bonchev–Trinajstić information content (AvgIpc) is 3.00. The maximum absolute atomic E-state index is 6.00. The molecule has 0 aromatic heterocycles. The van der Waals surface area contributed by atoms with Crippen LogP contribution < -0.4 is 5.32 Å². The second kappa shape index (κ2) is 5.55. The predicted molar refractivity (Wildman–Crippen MR) is 76.2 cm³/mol. The Morgan fingerprint density at radius 1 is 1.42 bits per heavy atom. The Kier molecular flexibility index (Phi) is 3.97. The molecule has 2 saturated carbocycles. The van der Waals surface area contributed by atoms with Crippen molar-refractivity contribution in [3.63, 3.8) is 0 Å². The number of nitrogens with one attached hydrogen (secondary N) is 1. The molecule has 3 rings (SSSR count). The van der Waals surface area contributed by atoms with E-state index in [2.05, 4.69) is 11.9 Å². The molecule has 2 aliphatic carbocycles. The van der Waals surface area contributed by atoms with Crippen molar-refractivity contribution < 1.29 is 9.47 Å². The third-order valence-corrected chi connectivity index (χ3v) is 5.25. The van der Waals surface area contributed by atoms with Gasteiger partial charge in [-0.25, -0.2) is 0 Å². The molecule has 0 aromatic rings. The number of hydrogen-bond donors (Lipinski definition) is 1. The first-order valence-electron chi connectivity index (χ1n) is 7.81. The molecule has 0 aromatic carbocycles. The molecule has 0 amide bonds. The lowest BCUT2D eigenvalue weighted by Gasteiger charge is -2.57. The van der Waals surface area contributed by atoms with Gasteiger partial charge in [-0.1, -0.05) is 25.0 Å². The Morgan fingerprint density at radius 2 is 2.21 bits per heavy atom. The van der Waals surface area contributed by atoms with Gasteiger partial charge >= 0.3 is 0 Å². The van der Waals surface area contributed by atoms with Crippen LogP contribution in [0.1, 0.15) is 39.0 Å². The Hall–Kier alpha value is -0.380. The van der Waals surface area contributed by atoms with Crippen molar-refractivity contribution in [3.8, 4) is 0 Å². The Labute approximate surface area is 116 Å². The number of hydrogen-bond acceptors (Lipinski definition) is 3. The van der Waals surface area contributed by atoms with Gasteiger partial charge < -0.3 is 14.8 Å². The van der Waals surface area contributed by atoms with Crippen LogP contribution in [-0.4, -0.2) is 38.5 Å². The summed E-state index contributed by atoms with van der Waals surface area (Å²) in [6.45, 7) is 9.27. The molecule has 3 atom stereocenters. The Balaban J connectivity index is 1.48. The van der Waals surface area contributed by atoms with Crippen molar-refractivity contribution in [2.24, 2.45) is 11.3 Å². The smallest absolute Gasteiger partial charge is 0.0690 e. The summed E-state index contributed by atoms with van der Waals surface area (Å²) in [5, 5.41) is 3.76. The molecule has 0 unspecified atom stereocenters. The molecule has 19 heavy (non-hydrogen) atoms. The van der Waals surface area contributed by atoms with Crippen molar-refractivity contribution in [1.29, 1.82) is 0 Å². The Bertz CT molecular complexity index is 336. The van der Waals surface area contributed by atoms with Gasteiger partial charge in [-0.2, -0.15) is 0 Å². The van der Waals surface area contributed by atoms with E-state index in [4.69, 9.17) is 9.47 Å². The predicted octanol–water partition coefficient (Wildman–Crippen LogP) is 2.52. The second-order valence-electron chi connectivity index (χ2n) is 6.63. The molecule has 3 fully saturated rings. The van der Waals surface area contributed by atoms with Gasteiger partial charge in [-0.3, -0.25) is 0 Å². The molecule has 3 aliphatic rings. The van der Waals surface area contributed by atoms with Crippen LogP contribution in [0.5, 0.6) is 0 Å². The van der Waals surface area contributed by atoms with Crippen LogP contribution in [0.15, 0.2) is 12.2 Å². The number of rotatable bonds is 6. The van der Waals surface area contributed by atoms with E-state index in [1.165, 1.54) is 32.1 Å². The summed E-state index contributed by atoms with van der Waals surface area (Å²) < 4.78 is 11.6. The van der Waals surface area contributed by atoms with Gasteiger partial charge in [0.15, 0.2) is 0 Å². The van der Waals surface area contributed by atoms with Crippen molar-refractivity contribution in [1.82, 2.24) is 5.32 Å². The van der Waals surface area contributed by atoms with Crippen LogP contribution in [0.3, 0.4) is 0 Å². The zero-order valence-electron chi connectivity index (χ0n) is 12.1. The molecule has 1 spiro atoms. The zero-order valence-corrected chi connectivity index (χ0v) is 12.1. The van der Waals surface area contributed by atoms with Gasteiger partial charge in [0.25, 0.3) is 0 Å². The highest BCUT2D eigenvalue weighted by Crippen LogP contribution is 2.60. The minimum Gasteiger partial charge on any atom is -0.377 e. The number of fused-ring (bicyclic) bond motifs is 2. The normalized spacial score (nSPS) is 35.3. The third-order valence-electron chi connectivity index (χ3n) is 5.25. The monoisotopic (exact) mass is 265 g/mol. The molecule has 108 valence electrons. The van der Waals surface area contributed by atoms with E-state index >= 15 is 0 Å². The summed E-state index contributed by atoms with van der Waals surface area (Å²) in [5.41, 5.74) is 1.57. The maximum Gasteiger partial charge on any atom is 0.0690 e. The van der Waals surface area contributed by atoms with Crippen LogP contribution in [0.2, 0.25) is 0 Å². The average molecular weight is 265 g/mol. The molecule has 3 heteroatoms. The van der Waals surface area contributed by atoms with E-state index in [1.807, 2.05) is 6.92 Å². The third kappa shape index (κ3) is 2.37. The Morgan fingerprint density at radius 3 is 2.95 bits per heavy atom. The lowest BCUT2D eigenvalue weighted by Crippen LogP contribution is -2.67. The zero-order chi connectivity index (χ0) is 13.3. The fourth-order valence-electron chi connectivity index (χ4n) is 4.54. The van der Waals surface area contributed by atoms with Gasteiger partial charge in [0, 0.05) is 30.5 Å². The van der Waals surface area contributed by atoms with Crippen LogP contribution >= 0.6 is 0 Å². The summed E-state index contributed by atoms with van der Waals surface area (Å²) in [6, 6.07) is 0.677. The number of ether oxygens (including phenoxy) is 2. The lowest BCUT2D eigenvalue weighted by molar-refractivity contribution is -0.131. The fourth-order valence-corrected chi connectivity index (χ4v) is 4.54. The van der Waals surface area contributed by atoms with Crippen molar-refractivity contribution in [3.05, 3.63) is 12.2 Å². The fraction of sp³-hybridized carbons (Fsp3) is 0.875. The van der Waals surface area contributed by atoms with E-state index in [0.29, 0.717) is 24.2 Å². The van der Waals surface area contributed by atoms with Crippen molar-refractivity contribution >= 4 is 0 Å². The van der Waals surface area contributed by atoms with Crippen molar-refractivity contribution in [2.75, 3.05) is 26.4 Å². The standard InChI is InChI=1S/C16H27NO2/c1-12(2)11-18-10-8-17-14-13-5-9-19-15(13)16(14)6-3-4-7-16/h13-15,17H,1,3-11H2,2H3/t13-,14+,15-/m0/s1. The first-order chi connectivity index (χ1) is 9.24. The SMILES string of the molecule is C=C(C)COCCN[C@@H]1[C@@H]2CCO[C@@H]2C12CCCC2. The highest BCUT2D eigenvalue weighted by molar-refractivity contribution is 5.16. The van der Waals surface area contributed by atoms with Crippen molar-refractivity contribution in [2.45, 2.75) is 51.2 Å². The van der Waals surface area contributed by atoms with Gasteiger partial charge in [-0.05, 0) is 26.2 Å². The topological polar surface area (TPSA) is 30.5 Å². The molecule has 0 bridgehead atoms. The first kappa shape index (κ1) is 13.6. The molecule has 3 nitrogen and oxygen atoms in total. The first-order valence-corrected chi connectivity index (χ1v) is 7.81. The van der Waals surface area contributed by atoms with E-state index in [1.54, 1.807) is 0 Å². The van der Waals surface area contributed by atoms with Gasteiger partial charge in [0.05, 0.1) is 19.3 Å². The van der Waals surface area contributed by atoms with E-state index in [-0.39, 0.29) is 0 Å². The van der Waals surface area contributed by atoms with Crippen LogP contribution in [-0.2, 0) is 9.47 Å². The molecular formula is C16H27NO2. The van der Waals surface area contributed by atoms with Gasteiger partial charge in [0.2, 0.25) is 0 Å². The summed E-state index contributed by atoms with van der Waals surface area (Å²) in [7, 11) is 0. The summed E-state index contributed by atoms with van der Waals surface area (Å²) >= 11 is 0. The minimum atomic E-state index is 0.468. The van der Waals surface area contributed by atoms with Crippen LogP contribution in [0, 0.1) is 11.3 Å². The molecule has 1 heterocycles. The molecule has 1 saturated heterocycles.